The van der Waals surface area contributed by atoms with Gasteiger partial charge in [0.15, 0.2) is 0 Å². The molecule has 0 spiro atoms. The Morgan fingerprint density at radius 2 is 1.62 bits per heavy atom. The van der Waals surface area contributed by atoms with Gasteiger partial charge >= 0.3 is 0 Å². The largest absolute Gasteiger partial charge is 0.271 e. The van der Waals surface area contributed by atoms with Crippen molar-refractivity contribution in [3.05, 3.63) is 71.3 Å². The quantitative estimate of drug-likeness (QED) is 0.472. The van der Waals surface area contributed by atoms with Crippen molar-refractivity contribution in [3.63, 3.8) is 0 Å². The second kappa shape index (κ2) is 9.33. The van der Waals surface area contributed by atoms with Crippen LogP contribution in [-0.4, -0.2) is 15.0 Å². The monoisotopic (exact) mass is 372 g/mol. The Morgan fingerprint density at radius 1 is 0.885 bits per heavy atom. The molecule has 0 radical (unpaired) electrons. The summed E-state index contributed by atoms with van der Waals surface area (Å²) in [6.07, 6.45) is 8.19. The van der Waals surface area contributed by atoms with Crippen LogP contribution in [0.25, 0.3) is 0 Å². The topological polar surface area (TPSA) is 43.4 Å². The zero-order valence-electron chi connectivity index (χ0n) is 15.3. The SMILES string of the molecule is O=S(=O)(Cc1ccccc1)OCCCc1cccc(C2CCCCC2)c1. The van der Waals surface area contributed by atoms with Crippen LogP contribution in [0.1, 0.15) is 61.1 Å². The van der Waals surface area contributed by atoms with Gasteiger partial charge in [-0.15, -0.1) is 0 Å². The van der Waals surface area contributed by atoms with Gasteiger partial charge < -0.3 is 0 Å². The van der Waals surface area contributed by atoms with E-state index in [-0.39, 0.29) is 12.4 Å². The number of benzene rings is 2. The van der Waals surface area contributed by atoms with Gasteiger partial charge in [-0.05, 0) is 48.3 Å². The molecule has 0 aliphatic heterocycles. The standard InChI is InChI=1S/C22H28O3S/c23-26(24,18-20-9-3-1-4-10-20)25-16-8-12-19-11-7-15-22(17-19)21-13-5-2-6-14-21/h1,3-4,7,9-11,15,17,21H,2,5-6,8,12-14,16,18H2. The summed E-state index contributed by atoms with van der Waals surface area (Å²) in [5, 5.41) is 0. The minimum atomic E-state index is -3.51. The van der Waals surface area contributed by atoms with Gasteiger partial charge in [0.1, 0.15) is 5.75 Å². The van der Waals surface area contributed by atoms with Crippen molar-refractivity contribution in [2.45, 2.75) is 56.6 Å². The fourth-order valence-electron chi connectivity index (χ4n) is 3.72. The van der Waals surface area contributed by atoms with Crippen molar-refractivity contribution < 1.29 is 12.6 Å². The predicted molar refractivity (Wildman–Crippen MR) is 106 cm³/mol. The lowest BCUT2D eigenvalue weighted by Gasteiger charge is -2.22. The third kappa shape index (κ3) is 5.96. The van der Waals surface area contributed by atoms with E-state index >= 15 is 0 Å². The summed E-state index contributed by atoms with van der Waals surface area (Å²) >= 11 is 0. The van der Waals surface area contributed by atoms with E-state index in [0.717, 1.165) is 12.0 Å². The molecule has 1 fully saturated rings. The summed E-state index contributed by atoms with van der Waals surface area (Å²) in [7, 11) is -3.51. The van der Waals surface area contributed by atoms with Gasteiger partial charge in [-0.1, -0.05) is 73.9 Å². The maximum absolute atomic E-state index is 12.0. The van der Waals surface area contributed by atoms with Crippen LogP contribution in [0.3, 0.4) is 0 Å². The zero-order chi connectivity index (χ0) is 18.2. The molecule has 0 amide bonds. The van der Waals surface area contributed by atoms with E-state index in [4.69, 9.17) is 4.18 Å². The molecule has 0 N–H and O–H groups in total. The summed E-state index contributed by atoms with van der Waals surface area (Å²) in [5.74, 6) is 0.636. The molecule has 0 atom stereocenters. The summed E-state index contributed by atoms with van der Waals surface area (Å²) < 4.78 is 29.3. The van der Waals surface area contributed by atoms with Gasteiger partial charge in [0.25, 0.3) is 10.1 Å². The van der Waals surface area contributed by atoms with Crippen LogP contribution in [0.4, 0.5) is 0 Å². The van der Waals surface area contributed by atoms with Crippen LogP contribution in [0, 0.1) is 0 Å². The molecule has 2 aromatic carbocycles. The van der Waals surface area contributed by atoms with Crippen LogP contribution in [0.2, 0.25) is 0 Å². The fraction of sp³-hybridized carbons (Fsp3) is 0.455. The lowest BCUT2D eigenvalue weighted by atomic mass is 9.83. The molecule has 140 valence electrons. The molecule has 3 rings (SSSR count). The molecular weight excluding hydrogens is 344 g/mol. The summed E-state index contributed by atoms with van der Waals surface area (Å²) in [6, 6.07) is 18.0. The first-order valence-electron chi connectivity index (χ1n) is 9.62. The molecule has 0 heterocycles. The second-order valence-corrected chi connectivity index (χ2v) is 8.83. The van der Waals surface area contributed by atoms with Crippen molar-refractivity contribution in [3.8, 4) is 0 Å². The summed E-state index contributed by atoms with van der Waals surface area (Å²) in [6.45, 7) is 0.239. The molecule has 3 nitrogen and oxygen atoms in total. The molecule has 0 saturated heterocycles. The molecule has 1 aliphatic carbocycles. The Morgan fingerprint density at radius 3 is 2.38 bits per heavy atom. The van der Waals surface area contributed by atoms with Gasteiger partial charge in [-0.25, -0.2) is 0 Å². The second-order valence-electron chi connectivity index (χ2n) is 7.19. The van der Waals surface area contributed by atoms with Crippen LogP contribution < -0.4 is 0 Å². The Labute approximate surface area is 157 Å². The minimum Gasteiger partial charge on any atom is -0.270 e. The van der Waals surface area contributed by atoms with Crippen molar-refractivity contribution in [1.82, 2.24) is 0 Å². The first-order chi connectivity index (χ1) is 12.6. The van der Waals surface area contributed by atoms with Crippen molar-refractivity contribution >= 4 is 10.1 Å². The first kappa shape index (κ1) is 19.1. The Hall–Kier alpha value is -1.65. The highest BCUT2D eigenvalue weighted by Gasteiger charge is 2.16. The molecule has 26 heavy (non-hydrogen) atoms. The van der Waals surface area contributed by atoms with Crippen molar-refractivity contribution in [1.29, 1.82) is 0 Å². The van der Waals surface area contributed by atoms with Crippen molar-refractivity contribution in [2.75, 3.05) is 6.61 Å². The van der Waals surface area contributed by atoms with E-state index in [1.807, 2.05) is 18.2 Å². The van der Waals surface area contributed by atoms with Crippen LogP contribution in [-0.2, 0) is 26.5 Å². The van der Waals surface area contributed by atoms with Gasteiger partial charge in [-0.2, -0.15) is 8.42 Å². The number of aryl methyl sites for hydroxylation is 1. The molecular formula is C22H28O3S. The predicted octanol–water partition coefficient (Wildman–Crippen LogP) is 5.21. The molecule has 0 bridgehead atoms. The first-order valence-corrected chi connectivity index (χ1v) is 11.2. The number of hydrogen-bond acceptors (Lipinski definition) is 3. The van der Waals surface area contributed by atoms with E-state index < -0.39 is 10.1 Å². The van der Waals surface area contributed by atoms with Gasteiger partial charge in [0.2, 0.25) is 0 Å². The van der Waals surface area contributed by atoms with E-state index in [9.17, 15) is 8.42 Å². The van der Waals surface area contributed by atoms with Gasteiger partial charge in [-0.3, -0.25) is 4.18 Å². The molecule has 4 heteroatoms. The van der Waals surface area contributed by atoms with E-state index in [1.165, 1.54) is 43.2 Å². The summed E-state index contributed by atoms with van der Waals surface area (Å²) in [4.78, 5) is 0. The van der Waals surface area contributed by atoms with Crippen LogP contribution >= 0.6 is 0 Å². The Bertz CT molecular complexity index is 778. The van der Waals surface area contributed by atoms with Crippen LogP contribution in [0.5, 0.6) is 0 Å². The zero-order valence-corrected chi connectivity index (χ0v) is 16.1. The van der Waals surface area contributed by atoms with E-state index in [2.05, 4.69) is 24.3 Å². The average Bonchev–Trinajstić information content (AvgIpc) is 2.67. The minimum absolute atomic E-state index is 0.0645. The maximum Gasteiger partial charge on any atom is 0.271 e. The van der Waals surface area contributed by atoms with Crippen molar-refractivity contribution in [2.24, 2.45) is 0 Å². The Kier molecular flexibility index (Phi) is 6.86. The average molecular weight is 373 g/mol. The third-order valence-electron chi connectivity index (χ3n) is 5.09. The highest BCUT2D eigenvalue weighted by molar-refractivity contribution is 7.85. The lowest BCUT2D eigenvalue weighted by Crippen LogP contribution is -2.10. The highest BCUT2D eigenvalue weighted by atomic mass is 32.2. The number of rotatable bonds is 8. The number of hydrogen-bond donors (Lipinski definition) is 0. The highest BCUT2D eigenvalue weighted by Crippen LogP contribution is 2.32. The third-order valence-corrected chi connectivity index (χ3v) is 6.30. The molecule has 1 aliphatic rings. The van der Waals surface area contributed by atoms with Gasteiger partial charge in [0, 0.05) is 0 Å². The van der Waals surface area contributed by atoms with Crippen LogP contribution in [0.15, 0.2) is 54.6 Å². The molecule has 2 aromatic rings. The summed E-state index contributed by atoms with van der Waals surface area (Å²) in [5.41, 5.74) is 3.48. The van der Waals surface area contributed by atoms with E-state index in [0.29, 0.717) is 12.3 Å². The molecule has 0 unspecified atom stereocenters. The smallest absolute Gasteiger partial charge is 0.270 e. The van der Waals surface area contributed by atoms with Gasteiger partial charge in [0.05, 0.1) is 6.61 Å². The van der Waals surface area contributed by atoms with E-state index in [1.54, 1.807) is 12.1 Å². The Balaban J connectivity index is 1.46. The fourth-order valence-corrected chi connectivity index (χ4v) is 4.78. The lowest BCUT2D eigenvalue weighted by molar-refractivity contribution is 0.311. The molecule has 0 aromatic heterocycles. The molecule has 1 saturated carbocycles. The maximum atomic E-state index is 12.0. The normalized spacial score (nSPS) is 15.8.